The minimum Gasteiger partial charge on any atom is -0.422 e. The predicted molar refractivity (Wildman–Crippen MR) is 90.2 cm³/mol. The summed E-state index contributed by atoms with van der Waals surface area (Å²) < 4.78 is 6.57. The highest BCUT2D eigenvalue weighted by molar-refractivity contribution is 7.21. The number of hydrogen-bond acceptors (Lipinski definition) is 4. The molecule has 0 N–H and O–H groups in total. The molecule has 3 rings (SSSR count). The molecule has 110 valence electrons. The molecule has 0 saturated carbocycles. The normalized spacial score (nSPS) is 10.6. The first-order valence-electron chi connectivity index (χ1n) is 6.89. The summed E-state index contributed by atoms with van der Waals surface area (Å²) in [5, 5.41) is 0.839. The van der Waals surface area contributed by atoms with Gasteiger partial charge in [0.1, 0.15) is 10.8 Å². The van der Waals surface area contributed by atoms with Gasteiger partial charge in [-0.25, -0.2) is 9.78 Å². The largest absolute Gasteiger partial charge is 0.422 e. The summed E-state index contributed by atoms with van der Waals surface area (Å²) in [4.78, 5) is 16.5. The van der Waals surface area contributed by atoms with Crippen LogP contribution in [0.1, 0.15) is 12.5 Å². The molecule has 4 heteroatoms. The van der Waals surface area contributed by atoms with Gasteiger partial charge in [-0.05, 0) is 43.7 Å². The highest BCUT2D eigenvalue weighted by Crippen LogP contribution is 2.36. The summed E-state index contributed by atoms with van der Waals surface area (Å²) in [5.74, 6) is 0.0972. The fourth-order valence-corrected chi connectivity index (χ4v) is 3.06. The summed E-state index contributed by atoms with van der Waals surface area (Å²) in [7, 11) is 0. The van der Waals surface area contributed by atoms with E-state index in [1.807, 2.05) is 49.4 Å². The molecule has 0 amide bonds. The molecule has 0 radical (unpaired) electrons. The lowest BCUT2D eigenvalue weighted by Gasteiger charge is -2.09. The molecule has 22 heavy (non-hydrogen) atoms. The second kappa shape index (κ2) is 5.73. The molecule has 0 atom stereocenters. The maximum atomic E-state index is 11.8. The van der Waals surface area contributed by atoms with Gasteiger partial charge in [0, 0.05) is 5.57 Å². The zero-order valence-electron chi connectivity index (χ0n) is 12.4. The first-order valence-corrected chi connectivity index (χ1v) is 7.70. The third-order valence-corrected chi connectivity index (χ3v) is 4.28. The maximum Gasteiger partial charge on any atom is 0.338 e. The fraction of sp³-hybridized carbons (Fsp3) is 0.111. The van der Waals surface area contributed by atoms with Crippen LogP contribution in [0.25, 0.3) is 20.8 Å². The van der Waals surface area contributed by atoms with E-state index in [0.717, 1.165) is 26.4 Å². The van der Waals surface area contributed by atoms with Crippen LogP contribution in [0.4, 0.5) is 0 Å². The molecule has 0 aliphatic carbocycles. The molecule has 0 aliphatic heterocycles. The van der Waals surface area contributed by atoms with Gasteiger partial charge in [0.2, 0.25) is 0 Å². The van der Waals surface area contributed by atoms with Crippen LogP contribution in [0.15, 0.2) is 54.6 Å². The van der Waals surface area contributed by atoms with E-state index in [-0.39, 0.29) is 0 Å². The van der Waals surface area contributed by atoms with Crippen LogP contribution in [0.5, 0.6) is 5.75 Å². The number of thiazole rings is 1. The number of carbonyl (C=O) groups excluding carboxylic acids is 1. The summed E-state index contributed by atoms with van der Waals surface area (Å²) in [6.45, 7) is 7.22. The van der Waals surface area contributed by atoms with Crippen molar-refractivity contribution >= 4 is 27.5 Å². The summed E-state index contributed by atoms with van der Waals surface area (Å²) in [6, 6.07) is 13.7. The average Bonchev–Trinajstić information content (AvgIpc) is 2.90. The number of para-hydroxylation sites is 1. The molecule has 0 fully saturated rings. The van der Waals surface area contributed by atoms with Crippen molar-refractivity contribution in [2.45, 2.75) is 13.8 Å². The quantitative estimate of drug-likeness (QED) is 0.398. The zero-order chi connectivity index (χ0) is 15.7. The number of benzene rings is 2. The van der Waals surface area contributed by atoms with Gasteiger partial charge in [0.25, 0.3) is 0 Å². The number of aryl methyl sites for hydroxylation is 1. The van der Waals surface area contributed by atoms with Crippen LogP contribution >= 0.6 is 11.3 Å². The van der Waals surface area contributed by atoms with Crippen molar-refractivity contribution in [1.29, 1.82) is 0 Å². The first-order chi connectivity index (χ1) is 10.5. The van der Waals surface area contributed by atoms with Crippen molar-refractivity contribution in [3.8, 4) is 16.3 Å². The number of fused-ring (bicyclic) bond motifs is 1. The van der Waals surface area contributed by atoms with Gasteiger partial charge in [-0.1, -0.05) is 24.8 Å². The maximum absolute atomic E-state index is 11.8. The molecule has 0 bridgehead atoms. The smallest absolute Gasteiger partial charge is 0.338 e. The number of rotatable bonds is 3. The molecule has 1 heterocycles. The van der Waals surface area contributed by atoms with Crippen molar-refractivity contribution in [2.75, 3.05) is 0 Å². The van der Waals surface area contributed by atoms with Crippen LogP contribution in [-0.4, -0.2) is 11.0 Å². The molecule has 3 nitrogen and oxygen atoms in total. The number of carbonyl (C=O) groups is 1. The molecule has 0 aliphatic rings. The third-order valence-electron chi connectivity index (χ3n) is 3.21. The molecule has 3 aromatic rings. The number of ether oxygens (including phenoxy) is 1. The SMILES string of the molecule is C=C(C)C(=O)Oc1cc(C)ccc1-c1nc2ccccc2s1. The Morgan fingerprint density at radius 1 is 1.23 bits per heavy atom. The number of esters is 1. The number of nitrogens with zero attached hydrogens (tertiary/aromatic N) is 1. The lowest BCUT2D eigenvalue weighted by atomic mass is 10.1. The van der Waals surface area contributed by atoms with E-state index in [9.17, 15) is 4.79 Å². The predicted octanol–water partition coefficient (Wildman–Crippen LogP) is 4.75. The van der Waals surface area contributed by atoms with E-state index in [2.05, 4.69) is 11.6 Å². The van der Waals surface area contributed by atoms with E-state index in [4.69, 9.17) is 4.74 Å². The van der Waals surface area contributed by atoms with Gasteiger partial charge >= 0.3 is 5.97 Å². The lowest BCUT2D eigenvalue weighted by molar-refractivity contribution is -0.130. The minimum atomic E-state index is -0.423. The van der Waals surface area contributed by atoms with E-state index in [0.29, 0.717) is 11.3 Å². The third kappa shape index (κ3) is 2.78. The van der Waals surface area contributed by atoms with Gasteiger partial charge in [-0.15, -0.1) is 11.3 Å². The zero-order valence-corrected chi connectivity index (χ0v) is 13.2. The Morgan fingerprint density at radius 2 is 2.00 bits per heavy atom. The molecule has 2 aromatic carbocycles. The Bertz CT molecular complexity index is 847. The van der Waals surface area contributed by atoms with Crippen molar-refractivity contribution in [2.24, 2.45) is 0 Å². The highest BCUT2D eigenvalue weighted by atomic mass is 32.1. The van der Waals surface area contributed by atoms with E-state index < -0.39 is 5.97 Å². The van der Waals surface area contributed by atoms with Crippen molar-refractivity contribution in [3.63, 3.8) is 0 Å². The Hall–Kier alpha value is -2.46. The van der Waals surface area contributed by atoms with Crippen LogP contribution < -0.4 is 4.74 Å². The number of aromatic nitrogens is 1. The Labute approximate surface area is 132 Å². The summed E-state index contributed by atoms with van der Waals surface area (Å²) >= 11 is 1.58. The van der Waals surface area contributed by atoms with Crippen LogP contribution in [0.2, 0.25) is 0 Å². The Kier molecular flexibility index (Phi) is 3.77. The Balaban J connectivity index is 2.09. The summed E-state index contributed by atoms with van der Waals surface area (Å²) in [5.41, 5.74) is 3.16. The molecular weight excluding hydrogens is 294 g/mol. The van der Waals surface area contributed by atoms with Crippen LogP contribution in [-0.2, 0) is 4.79 Å². The van der Waals surface area contributed by atoms with Gasteiger partial charge in [-0.3, -0.25) is 0 Å². The Morgan fingerprint density at radius 3 is 2.73 bits per heavy atom. The standard InChI is InChI=1S/C18H15NO2S/c1-11(2)18(20)21-15-10-12(3)8-9-13(15)17-19-14-6-4-5-7-16(14)22-17/h4-10H,1H2,2-3H3. The molecular formula is C18H15NO2S. The minimum absolute atomic E-state index is 0.372. The second-order valence-electron chi connectivity index (χ2n) is 5.16. The molecule has 0 saturated heterocycles. The van der Waals surface area contributed by atoms with Crippen molar-refractivity contribution in [3.05, 3.63) is 60.2 Å². The highest BCUT2D eigenvalue weighted by Gasteiger charge is 2.15. The number of hydrogen-bond donors (Lipinski definition) is 0. The average molecular weight is 309 g/mol. The first kappa shape index (κ1) is 14.5. The second-order valence-corrected chi connectivity index (χ2v) is 6.19. The summed E-state index contributed by atoms with van der Waals surface area (Å²) in [6.07, 6.45) is 0. The van der Waals surface area contributed by atoms with Gasteiger partial charge in [-0.2, -0.15) is 0 Å². The van der Waals surface area contributed by atoms with E-state index in [1.165, 1.54) is 0 Å². The van der Waals surface area contributed by atoms with E-state index >= 15 is 0 Å². The van der Waals surface area contributed by atoms with Crippen molar-refractivity contribution < 1.29 is 9.53 Å². The van der Waals surface area contributed by atoms with Gasteiger partial charge in [0.05, 0.1) is 15.8 Å². The van der Waals surface area contributed by atoms with E-state index in [1.54, 1.807) is 18.3 Å². The topological polar surface area (TPSA) is 39.2 Å². The van der Waals surface area contributed by atoms with Crippen LogP contribution in [0, 0.1) is 6.92 Å². The van der Waals surface area contributed by atoms with Crippen molar-refractivity contribution in [1.82, 2.24) is 4.98 Å². The molecule has 1 aromatic heterocycles. The van der Waals surface area contributed by atoms with Crippen LogP contribution in [0.3, 0.4) is 0 Å². The van der Waals surface area contributed by atoms with Gasteiger partial charge in [0.15, 0.2) is 0 Å². The van der Waals surface area contributed by atoms with Gasteiger partial charge < -0.3 is 4.74 Å². The fourth-order valence-electron chi connectivity index (χ4n) is 2.07. The molecule has 0 unspecified atom stereocenters. The monoisotopic (exact) mass is 309 g/mol. The lowest BCUT2D eigenvalue weighted by Crippen LogP contribution is -2.09. The molecule has 0 spiro atoms.